The number of halogens is 1. The maximum Gasteiger partial charge on any atom is 0.255 e. The van der Waals surface area contributed by atoms with E-state index < -0.39 is 0 Å². The van der Waals surface area contributed by atoms with Crippen molar-refractivity contribution in [2.45, 2.75) is 26.4 Å². The van der Waals surface area contributed by atoms with Crippen molar-refractivity contribution in [3.8, 4) is 11.5 Å². The van der Waals surface area contributed by atoms with Crippen molar-refractivity contribution in [2.75, 3.05) is 0 Å². The Morgan fingerprint density at radius 3 is 2.75 bits per heavy atom. The minimum Gasteiger partial charge on any atom is -0.419 e. The van der Waals surface area contributed by atoms with E-state index in [1.807, 2.05) is 48.9 Å². The van der Waals surface area contributed by atoms with Crippen LogP contribution in [0, 0.1) is 0 Å². The fourth-order valence-corrected chi connectivity index (χ4v) is 3.09. The smallest absolute Gasteiger partial charge is 0.255 e. The largest absolute Gasteiger partial charge is 0.419 e. The molecular formula is C17H16ClN3O2S. The van der Waals surface area contributed by atoms with Crippen molar-refractivity contribution >= 4 is 28.8 Å². The summed E-state index contributed by atoms with van der Waals surface area (Å²) in [5, 5.41) is 12.4. The van der Waals surface area contributed by atoms with Crippen molar-refractivity contribution in [1.29, 1.82) is 0 Å². The lowest BCUT2D eigenvalue weighted by Gasteiger charge is -2.24. The number of nitrogens with zero attached hydrogens (tertiary/aromatic N) is 3. The molecule has 0 fully saturated rings. The second kappa shape index (κ2) is 7.15. The van der Waals surface area contributed by atoms with E-state index in [0.29, 0.717) is 27.9 Å². The molecule has 2 aromatic heterocycles. The van der Waals surface area contributed by atoms with Gasteiger partial charge in [-0.2, -0.15) is 11.3 Å². The van der Waals surface area contributed by atoms with Crippen molar-refractivity contribution in [3.05, 3.63) is 57.6 Å². The molecule has 3 aromatic rings. The number of hydrogen-bond acceptors (Lipinski definition) is 5. The molecular weight excluding hydrogens is 346 g/mol. The third-order valence-electron chi connectivity index (χ3n) is 3.53. The predicted octanol–water partition coefficient (Wildman–Crippen LogP) is 4.50. The molecule has 3 rings (SSSR count). The first-order chi connectivity index (χ1) is 11.6. The van der Waals surface area contributed by atoms with E-state index >= 15 is 0 Å². The first kappa shape index (κ1) is 16.7. The Kier molecular flexibility index (Phi) is 4.97. The minimum atomic E-state index is -0.0521. The number of rotatable bonds is 5. The number of benzene rings is 1. The Balaban J connectivity index is 1.82. The molecule has 0 saturated carbocycles. The summed E-state index contributed by atoms with van der Waals surface area (Å²) in [6.45, 7) is 4.16. The van der Waals surface area contributed by atoms with Gasteiger partial charge in [-0.1, -0.05) is 23.7 Å². The van der Waals surface area contributed by atoms with Crippen LogP contribution in [0.2, 0.25) is 5.02 Å². The molecule has 0 bridgehead atoms. The zero-order valence-corrected chi connectivity index (χ0v) is 14.8. The number of aromatic nitrogens is 2. The summed E-state index contributed by atoms with van der Waals surface area (Å²) in [6.07, 6.45) is 0. The first-order valence-corrected chi connectivity index (χ1v) is 8.79. The van der Waals surface area contributed by atoms with E-state index in [1.165, 1.54) is 11.3 Å². The molecule has 5 nitrogen and oxygen atoms in total. The fraction of sp³-hybridized carbons (Fsp3) is 0.235. The van der Waals surface area contributed by atoms with Gasteiger partial charge in [0.25, 0.3) is 5.91 Å². The molecule has 124 valence electrons. The number of carbonyl (C=O) groups excluding carboxylic acids is 1. The van der Waals surface area contributed by atoms with Crippen LogP contribution in [0.15, 0.2) is 45.5 Å². The van der Waals surface area contributed by atoms with Crippen LogP contribution in [0.25, 0.3) is 11.5 Å². The Bertz CT molecular complexity index is 830. The van der Waals surface area contributed by atoms with Crippen LogP contribution in [0.5, 0.6) is 0 Å². The van der Waals surface area contributed by atoms with Gasteiger partial charge >= 0.3 is 0 Å². The lowest BCUT2D eigenvalue weighted by molar-refractivity contribution is 0.0673. The number of hydrogen-bond donors (Lipinski definition) is 0. The molecule has 0 spiro atoms. The average Bonchev–Trinajstić information content (AvgIpc) is 3.24. The van der Waals surface area contributed by atoms with E-state index in [4.69, 9.17) is 16.0 Å². The Hall–Kier alpha value is -2.18. The monoisotopic (exact) mass is 361 g/mol. The molecule has 1 amide bonds. The number of amides is 1. The number of thiophene rings is 1. The summed E-state index contributed by atoms with van der Waals surface area (Å²) in [5.74, 6) is 0.674. The third-order valence-corrected chi connectivity index (χ3v) is 4.54. The van der Waals surface area contributed by atoms with Gasteiger partial charge in [0, 0.05) is 11.4 Å². The SMILES string of the molecule is CC(C)N(Cc1nnc(-c2ccccc2Cl)o1)C(=O)c1ccsc1. The summed E-state index contributed by atoms with van der Waals surface area (Å²) in [4.78, 5) is 14.3. The highest BCUT2D eigenvalue weighted by atomic mass is 35.5. The molecule has 0 atom stereocenters. The maximum atomic E-state index is 12.6. The predicted molar refractivity (Wildman–Crippen MR) is 94.1 cm³/mol. The molecule has 0 saturated heterocycles. The standard InChI is InChI=1S/C17H16ClN3O2S/c1-11(2)21(17(22)12-7-8-24-10-12)9-15-19-20-16(23-15)13-5-3-4-6-14(13)18/h3-8,10-11H,9H2,1-2H3. The normalized spacial score (nSPS) is 11.0. The van der Waals surface area contributed by atoms with E-state index in [-0.39, 0.29) is 18.5 Å². The molecule has 24 heavy (non-hydrogen) atoms. The molecule has 0 aliphatic rings. The highest BCUT2D eigenvalue weighted by molar-refractivity contribution is 7.08. The van der Waals surface area contributed by atoms with Crippen LogP contribution in [0.1, 0.15) is 30.1 Å². The van der Waals surface area contributed by atoms with Gasteiger partial charge in [0.05, 0.1) is 22.7 Å². The molecule has 7 heteroatoms. The summed E-state index contributed by atoms with van der Waals surface area (Å²) in [7, 11) is 0. The molecule has 0 unspecified atom stereocenters. The van der Waals surface area contributed by atoms with Crippen LogP contribution in [0.3, 0.4) is 0 Å². The van der Waals surface area contributed by atoms with E-state index in [9.17, 15) is 4.79 Å². The quantitative estimate of drug-likeness (QED) is 0.671. The summed E-state index contributed by atoms with van der Waals surface area (Å²) in [6, 6.07) is 9.09. The van der Waals surface area contributed by atoms with Crippen molar-refractivity contribution in [1.82, 2.24) is 15.1 Å². The van der Waals surface area contributed by atoms with Crippen molar-refractivity contribution < 1.29 is 9.21 Å². The highest BCUT2D eigenvalue weighted by Crippen LogP contribution is 2.26. The third kappa shape index (κ3) is 3.49. The topological polar surface area (TPSA) is 59.2 Å². The van der Waals surface area contributed by atoms with E-state index in [1.54, 1.807) is 11.0 Å². The molecule has 0 aliphatic carbocycles. The van der Waals surface area contributed by atoms with Crippen LogP contribution in [-0.2, 0) is 6.54 Å². The average molecular weight is 362 g/mol. The van der Waals surface area contributed by atoms with Gasteiger partial charge in [-0.15, -0.1) is 10.2 Å². The molecule has 2 heterocycles. The zero-order chi connectivity index (χ0) is 17.1. The molecule has 1 aromatic carbocycles. The second-order valence-corrected chi connectivity index (χ2v) is 6.71. The minimum absolute atomic E-state index is 0.00747. The van der Waals surface area contributed by atoms with Crippen LogP contribution in [-0.4, -0.2) is 27.0 Å². The molecule has 0 radical (unpaired) electrons. The Morgan fingerprint density at radius 2 is 2.08 bits per heavy atom. The fourth-order valence-electron chi connectivity index (χ4n) is 2.25. The molecule has 0 aliphatic heterocycles. The summed E-state index contributed by atoms with van der Waals surface area (Å²) < 4.78 is 5.70. The lowest BCUT2D eigenvalue weighted by Crippen LogP contribution is -2.36. The van der Waals surface area contributed by atoms with Gasteiger partial charge in [0.2, 0.25) is 11.8 Å². The Morgan fingerprint density at radius 1 is 1.29 bits per heavy atom. The van der Waals surface area contributed by atoms with Crippen molar-refractivity contribution in [3.63, 3.8) is 0 Å². The summed E-state index contributed by atoms with van der Waals surface area (Å²) >= 11 is 7.64. The van der Waals surface area contributed by atoms with Crippen LogP contribution >= 0.6 is 22.9 Å². The van der Waals surface area contributed by atoms with E-state index in [2.05, 4.69) is 10.2 Å². The maximum absolute atomic E-state index is 12.6. The summed E-state index contributed by atoms with van der Waals surface area (Å²) in [5.41, 5.74) is 1.35. The van der Waals surface area contributed by atoms with Crippen LogP contribution < -0.4 is 0 Å². The molecule has 0 N–H and O–H groups in total. The van der Waals surface area contributed by atoms with Gasteiger partial charge in [0.15, 0.2) is 0 Å². The van der Waals surface area contributed by atoms with E-state index in [0.717, 1.165) is 0 Å². The lowest BCUT2D eigenvalue weighted by atomic mass is 10.2. The number of carbonyl (C=O) groups is 1. The van der Waals surface area contributed by atoms with Crippen LogP contribution in [0.4, 0.5) is 0 Å². The van der Waals surface area contributed by atoms with Gasteiger partial charge in [-0.3, -0.25) is 4.79 Å². The first-order valence-electron chi connectivity index (χ1n) is 7.46. The van der Waals surface area contributed by atoms with Gasteiger partial charge < -0.3 is 9.32 Å². The zero-order valence-electron chi connectivity index (χ0n) is 13.3. The van der Waals surface area contributed by atoms with Gasteiger partial charge in [0.1, 0.15) is 0 Å². The van der Waals surface area contributed by atoms with Gasteiger partial charge in [-0.25, -0.2) is 0 Å². The highest BCUT2D eigenvalue weighted by Gasteiger charge is 2.22. The van der Waals surface area contributed by atoms with Gasteiger partial charge in [-0.05, 0) is 37.4 Å². The Labute approximate surface area is 148 Å². The van der Waals surface area contributed by atoms with Crippen molar-refractivity contribution in [2.24, 2.45) is 0 Å². The second-order valence-electron chi connectivity index (χ2n) is 5.52.